The molecule has 0 bridgehead atoms. The van der Waals surface area contributed by atoms with Gasteiger partial charge in [0.15, 0.2) is 11.5 Å². The van der Waals surface area contributed by atoms with Crippen LogP contribution in [0.5, 0.6) is 11.5 Å². The number of methoxy groups -OCH3 is 1. The summed E-state index contributed by atoms with van der Waals surface area (Å²) in [6.45, 7) is 8.00. The average molecular weight is 401 g/mol. The number of hydrogen-bond acceptors (Lipinski definition) is 6. The summed E-state index contributed by atoms with van der Waals surface area (Å²) in [4.78, 5) is 12.1. The molecule has 0 aliphatic carbocycles. The summed E-state index contributed by atoms with van der Waals surface area (Å²) >= 11 is 0. The molecule has 0 spiro atoms. The van der Waals surface area contributed by atoms with Crippen molar-refractivity contribution in [3.05, 3.63) is 17.8 Å². The maximum Gasteiger partial charge on any atom is 0.226 e. The maximum atomic E-state index is 5.99. The van der Waals surface area contributed by atoms with Gasteiger partial charge in [-0.2, -0.15) is 0 Å². The number of ether oxygens (including phenoxy) is 2. The highest BCUT2D eigenvalue weighted by molar-refractivity contribution is 5.85. The summed E-state index contributed by atoms with van der Waals surface area (Å²) in [6.07, 6.45) is 7.27. The first-order chi connectivity index (χ1) is 14.2. The smallest absolute Gasteiger partial charge is 0.226 e. The largest absolute Gasteiger partial charge is 0.493 e. The molecule has 29 heavy (non-hydrogen) atoms. The van der Waals surface area contributed by atoms with Crippen molar-refractivity contribution < 1.29 is 9.47 Å². The van der Waals surface area contributed by atoms with Crippen LogP contribution in [0, 0.1) is 12.8 Å². The Balaban J connectivity index is 1.84. The van der Waals surface area contributed by atoms with Gasteiger partial charge in [-0.1, -0.05) is 13.3 Å². The number of fused-ring (bicyclic) bond motifs is 1. The molecule has 1 N–H and O–H groups in total. The fourth-order valence-corrected chi connectivity index (χ4v) is 4.13. The maximum absolute atomic E-state index is 5.99. The van der Waals surface area contributed by atoms with Crippen molar-refractivity contribution in [2.45, 2.75) is 52.4 Å². The Morgan fingerprint density at radius 2 is 1.90 bits per heavy atom. The molecule has 1 aromatic heterocycles. The highest BCUT2D eigenvalue weighted by Gasteiger charge is 2.18. The summed E-state index contributed by atoms with van der Waals surface area (Å²) in [6, 6.07) is 4.00. The second-order valence-electron chi connectivity index (χ2n) is 7.98. The standard InChI is InChI=1S/C23H36N4O2/c1-5-18-9-6-12-27(13-7-10-18)23-25-17(2)19-15-21(28-4)22(16-20(19)26-23)29-14-8-11-24-3/h15-16,18,24H,5-14H2,1-4H3. The number of aryl methyl sites for hydroxylation is 1. The summed E-state index contributed by atoms with van der Waals surface area (Å²) < 4.78 is 11.5. The molecule has 1 saturated heterocycles. The predicted octanol–water partition coefficient (Wildman–Crippen LogP) is 4.34. The second kappa shape index (κ2) is 10.6. The first kappa shape index (κ1) is 21.6. The van der Waals surface area contributed by atoms with Gasteiger partial charge in [0.25, 0.3) is 0 Å². The predicted molar refractivity (Wildman–Crippen MR) is 119 cm³/mol. The first-order valence-electron chi connectivity index (χ1n) is 11.0. The van der Waals surface area contributed by atoms with Crippen LogP contribution in [0.25, 0.3) is 10.9 Å². The van der Waals surface area contributed by atoms with E-state index in [-0.39, 0.29) is 0 Å². The zero-order valence-corrected chi connectivity index (χ0v) is 18.5. The minimum absolute atomic E-state index is 0.643. The van der Waals surface area contributed by atoms with Crippen LogP contribution in [0.4, 0.5) is 5.95 Å². The quantitative estimate of drug-likeness (QED) is 0.665. The summed E-state index contributed by atoms with van der Waals surface area (Å²) in [7, 11) is 3.63. The lowest BCUT2D eigenvalue weighted by molar-refractivity contribution is 0.289. The van der Waals surface area contributed by atoms with E-state index < -0.39 is 0 Å². The molecular weight excluding hydrogens is 364 g/mol. The van der Waals surface area contributed by atoms with Gasteiger partial charge in [-0.25, -0.2) is 9.97 Å². The highest BCUT2D eigenvalue weighted by Crippen LogP contribution is 2.34. The van der Waals surface area contributed by atoms with E-state index in [0.29, 0.717) is 6.61 Å². The minimum atomic E-state index is 0.643. The van der Waals surface area contributed by atoms with Crippen molar-refractivity contribution in [1.29, 1.82) is 0 Å². The van der Waals surface area contributed by atoms with Gasteiger partial charge in [-0.3, -0.25) is 0 Å². The molecule has 160 valence electrons. The zero-order chi connectivity index (χ0) is 20.6. The molecule has 2 heterocycles. The number of nitrogens with one attached hydrogen (secondary N) is 1. The fourth-order valence-electron chi connectivity index (χ4n) is 4.13. The molecule has 6 heteroatoms. The Bertz CT molecular complexity index is 786. The molecular formula is C23H36N4O2. The van der Waals surface area contributed by atoms with E-state index in [1.54, 1.807) is 7.11 Å². The van der Waals surface area contributed by atoms with Crippen molar-refractivity contribution in [3.63, 3.8) is 0 Å². The van der Waals surface area contributed by atoms with Crippen molar-refractivity contribution in [2.75, 3.05) is 45.3 Å². The number of anilines is 1. The van der Waals surface area contributed by atoms with Crippen LogP contribution in [0.15, 0.2) is 12.1 Å². The van der Waals surface area contributed by atoms with Crippen molar-refractivity contribution >= 4 is 16.9 Å². The van der Waals surface area contributed by atoms with Crippen LogP contribution >= 0.6 is 0 Å². The third-order valence-electron chi connectivity index (χ3n) is 5.93. The van der Waals surface area contributed by atoms with Crippen molar-refractivity contribution in [1.82, 2.24) is 15.3 Å². The molecule has 1 aromatic carbocycles. The Kier molecular flexibility index (Phi) is 7.92. The number of nitrogens with zero attached hydrogens (tertiary/aromatic N) is 3. The van der Waals surface area contributed by atoms with E-state index >= 15 is 0 Å². The number of rotatable bonds is 8. The number of aromatic nitrogens is 2. The van der Waals surface area contributed by atoms with Crippen LogP contribution in [0.1, 0.15) is 51.1 Å². The topological polar surface area (TPSA) is 59.5 Å². The first-order valence-corrected chi connectivity index (χ1v) is 11.0. The Hall–Kier alpha value is -2.08. The number of benzene rings is 1. The van der Waals surface area contributed by atoms with Gasteiger partial charge in [0.2, 0.25) is 5.95 Å². The lowest BCUT2D eigenvalue weighted by Crippen LogP contribution is -2.30. The van der Waals surface area contributed by atoms with Gasteiger partial charge in [-0.05, 0) is 64.6 Å². The number of hydrogen-bond donors (Lipinski definition) is 1. The van der Waals surface area contributed by atoms with Gasteiger partial charge in [0.05, 0.1) is 24.9 Å². The third-order valence-corrected chi connectivity index (χ3v) is 5.93. The molecule has 2 aromatic rings. The second-order valence-corrected chi connectivity index (χ2v) is 7.98. The lowest BCUT2D eigenvalue weighted by atomic mass is 9.93. The normalized spacial score (nSPS) is 15.9. The van der Waals surface area contributed by atoms with Gasteiger partial charge >= 0.3 is 0 Å². The summed E-state index contributed by atoms with van der Waals surface area (Å²) in [5.41, 5.74) is 1.91. The van der Waals surface area contributed by atoms with Gasteiger partial charge in [0.1, 0.15) is 0 Å². The molecule has 0 amide bonds. The van der Waals surface area contributed by atoms with E-state index in [4.69, 9.17) is 19.4 Å². The van der Waals surface area contributed by atoms with E-state index in [1.807, 2.05) is 19.2 Å². The Morgan fingerprint density at radius 3 is 2.55 bits per heavy atom. The van der Waals surface area contributed by atoms with Gasteiger partial charge < -0.3 is 19.7 Å². The van der Waals surface area contributed by atoms with E-state index in [2.05, 4.69) is 24.1 Å². The highest BCUT2D eigenvalue weighted by atomic mass is 16.5. The minimum Gasteiger partial charge on any atom is -0.493 e. The zero-order valence-electron chi connectivity index (χ0n) is 18.5. The van der Waals surface area contributed by atoms with E-state index in [9.17, 15) is 0 Å². The van der Waals surface area contributed by atoms with Crippen LogP contribution in [-0.2, 0) is 0 Å². The third kappa shape index (κ3) is 5.50. The van der Waals surface area contributed by atoms with Crippen LogP contribution in [0.2, 0.25) is 0 Å². The molecule has 1 aliphatic heterocycles. The molecule has 1 aliphatic rings. The van der Waals surface area contributed by atoms with Crippen LogP contribution < -0.4 is 19.7 Å². The Morgan fingerprint density at radius 1 is 1.14 bits per heavy atom. The van der Waals surface area contributed by atoms with Crippen LogP contribution in [-0.4, -0.2) is 50.4 Å². The van der Waals surface area contributed by atoms with E-state index in [1.165, 1.54) is 32.1 Å². The van der Waals surface area contributed by atoms with Crippen molar-refractivity contribution in [2.24, 2.45) is 5.92 Å². The molecule has 0 saturated carbocycles. The van der Waals surface area contributed by atoms with Crippen LogP contribution in [0.3, 0.4) is 0 Å². The average Bonchev–Trinajstić information content (AvgIpc) is 2.70. The molecule has 0 unspecified atom stereocenters. The SMILES string of the molecule is CCC1CCCN(c2nc(C)c3cc(OC)c(OCCCNC)cc3n2)CCC1. The van der Waals surface area contributed by atoms with E-state index in [0.717, 1.165) is 66.0 Å². The molecule has 6 nitrogen and oxygen atoms in total. The van der Waals surface area contributed by atoms with Gasteiger partial charge in [0, 0.05) is 24.5 Å². The monoisotopic (exact) mass is 400 g/mol. The lowest BCUT2D eigenvalue weighted by Gasteiger charge is -2.28. The molecule has 3 rings (SSSR count). The molecule has 0 radical (unpaired) electrons. The van der Waals surface area contributed by atoms with Gasteiger partial charge in [-0.15, -0.1) is 0 Å². The summed E-state index contributed by atoms with van der Waals surface area (Å²) in [5.74, 6) is 3.21. The summed E-state index contributed by atoms with van der Waals surface area (Å²) in [5, 5.41) is 4.16. The molecule has 0 atom stereocenters. The van der Waals surface area contributed by atoms with Crippen molar-refractivity contribution in [3.8, 4) is 11.5 Å². The Labute approximate surface area is 175 Å². The molecule has 1 fully saturated rings. The fraction of sp³-hybridized carbons (Fsp3) is 0.652.